The molecule has 0 aliphatic heterocycles. The summed E-state index contributed by atoms with van der Waals surface area (Å²) in [5.74, 6) is 0.379. The predicted octanol–water partition coefficient (Wildman–Crippen LogP) is 5.19. The monoisotopic (exact) mass is 274 g/mol. The van der Waals surface area contributed by atoms with Gasteiger partial charge in [0.2, 0.25) is 0 Å². The molecule has 2 nitrogen and oxygen atoms in total. The van der Waals surface area contributed by atoms with Crippen LogP contribution in [0, 0.1) is 0 Å². The van der Waals surface area contributed by atoms with Crippen molar-refractivity contribution in [2.24, 2.45) is 0 Å². The Hall–Kier alpha value is -2.48. The smallest absolute Gasteiger partial charge is 0.0456 e. The number of aromatic amines is 2. The molecule has 0 spiro atoms. The minimum atomic E-state index is 0.379. The Morgan fingerprint density at radius 3 is 1.67 bits per heavy atom. The van der Waals surface area contributed by atoms with E-state index in [0.717, 1.165) is 6.42 Å². The Bertz CT molecular complexity index is 758. The minimum absolute atomic E-state index is 0.379. The first-order valence-electron chi connectivity index (χ1n) is 7.50. The highest BCUT2D eigenvalue weighted by molar-refractivity contribution is 5.82. The van der Waals surface area contributed by atoms with Gasteiger partial charge in [-0.15, -0.1) is 0 Å². The van der Waals surface area contributed by atoms with Crippen molar-refractivity contribution < 1.29 is 0 Å². The molecule has 0 saturated heterocycles. The zero-order chi connectivity index (χ0) is 14.2. The van der Waals surface area contributed by atoms with Crippen LogP contribution in [0.2, 0.25) is 0 Å². The summed E-state index contributed by atoms with van der Waals surface area (Å²) >= 11 is 0. The fourth-order valence-electron chi connectivity index (χ4n) is 3.17. The molecule has 0 amide bonds. The Balaban J connectivity index is 1.83. The van der Waals surface area contributed by atoms with Crippen LogP contribution in [0.5, 0.6) is 0 Å². The number of rotatable bonds is 3. The van der Waals surface area contributed by atoms with Gasteiger partial charge in [0.1, 0.15) is 0 Å². The first-order valence-corrected chi connectivity index (χ1v) is 7.50. The normalized spacial score (nSPS) is 11.7. The Morgan fingerprint density at radius 1 is 0.762 bits per heavy atom. The van der Waals surface area contributed by atoms with E-state index < -0.39 is 0 Å². The molecule has 2 heteroatoms. The molecule has 0 radical (unpaired) electrons. The first-order chi connectivity index (χ1) is 10.3. The second-order valence-electron chi connectivity index (χ2n) is 5.58. The second kappa shape index (κ2) is 4.81. The van der Waals surface area contributed by atoms with Gasteiger partial charge in [-0.25, -0.2) is 0 Å². The van der Waals surface area contributed by atoms with Crippen LogP contribution in [-0.4, -0.2) is 9.97 Å². The Labute approximate surface area is 123 Å². The molecule has 104 valence electrons. The number of hydrogen-bond donors (Lipinski definition) is 2. The van der Waals surface area contributed by atoms with E-state index in [1.54, 1.807) is 0 Å². The van der Waals surface area contributed by atoms with Crippen LogP contribution in [0.15, 0.2) is 60.7 Å². The first kappa shape index (κ1) is 12.3. The van der Waals surface area contributed by atoms with Gasteiger partial charge >= 0.3 is 0 Å². The van der Waals surface area contributed by atoms with Gasteiger partial charge in [-0.1, -0.05) is 43.3 Å². The van der Waals surface area contributed by atoms with Gasteiger partial charge in [0.15, 0.2) is 0 Å². The molecule has 2 aromatic carbocycles. The Morgan fingerprint density at radius 2 is 1.24 bits per heavy atom. The largest absolute Gasteiger partial charge is 0.358 e. The molecule has 2 N–H and O–H groups in total. The van der Waals surface area contributed by atoms with Crippen molar-refractivity contribution in [2.45, 2.75) is 19.3 Å². The number of H-pyrrole nitrogens is 2. The fourth-order valence-corrected chi connectivity index (χ4v) is 3.17. The van der Waals surface area contributed by atoms with Crippen molar-refractivity contribution in [3.63, 3.8) is 0 Å². The minimum Gasteiger partial charge on any atom is -0.358 e. The summed E-state index contributed by atoms with van der Waals surface area (Å²) in [5, 5.41) is 2.56. The van der Waals surface area contributed by atoms with Gasteiger partial charge in [-0.2, -0.15) is 0 Å². The van der Waals surface area contributed by atoms with Crippen molar-refractivity contribution >= 4 is 21.8 Å². The summed E-state index contributed by atoms with van der Waals surface area (Å²) in [7, 11) is 0. The van der Waals surface area contributed by atoms with Crippen molar-refractivity contribution in [3.05, 3.63) is 72.1 Å². The molecule has 21 heavy (non-hydrogen) atoms. The van der Waals surface area contributed by atoms with Crippen LogP contribution in [-0.2, 0) is 0 Å². The molecule has 2 heterocycles. The lowest BCUT2D eigenvalue weighted by Gasteiger charge is -2.11. The second-order valence-corrected chi connectivity index (χ2v) is 5.58. The van der Waals surface area contributed by atoms with E-state index in [0.29, 0.717) is 5.92 Å². The van der Waals surface area contributed by atoms with Crippen LogP contribution < -0.4 is 0 Å². The maximum atomic E-state index is 3.57. The van der Waals surface area contributed by atoms with Crippen LogP contribution in [0.4, 0.5) is 0 Å². The zero-order valence-corrected chi connectivity index (χ0v) is 12.1. The lowest BCUT2D eigenvalue weighted by molar-refractivity contribution is 0.739. The van der Waals surface area contributed by atoms with Crippen molar-refractivity contribution in [2.75, 3.05) is 0 Å². The summed E-state index contributed by atoms with van der Waals surface area (Å²) < 4.78 is 0. The van der Waals surface area contributed by atoms with E-state index in [1.165, 1.54) is 33.2 Å². The standard InChI is InChI=1S/C19H18N2/c1-2-15(18-11-13-7-3-5-9-16(13)20-18)19-12-14-8-4-6-10-17(14)21-19/h3-12,15,20-21H,2H2,1H3. The molecule has 2 aromatic heterocycles. The topological polar surface area (TPSA) is 31.6 Å². The van der Waals surface area contributed by atoms with E-state index >= 15 is 0 Å². The lowest BCUT2D eigenvalue weighted by atomic mass is 9.98. The summed E-state index contributed by atoms with van der Waals surface area (Å²) in [5.41, 5.74) is 4.99. The molecule has 0 aliphatic rings. The zero-order valence-electron chi connectivity index (χ0n) is 12.1. The van der Waals surface area contributed by atoms with E-state index in [1.807, 2.05) is 0 Å². The molecular weight excluding hydrogens is 256 g/mol. The van der Waals surface area contributed by atoms with E-state index in [-0.39, 0.29) is 0 Å². The summed E-state index contributed by atoms with van der Waals surface area (Å²) in [6.45, 7) is 2.24. The third-order valence-corrected chi connectivity index (χ3v) is 4.26. The highest BCUT2D eigenvalue weighted by Crippen LogP contribution is 2.31. The highest BCUT2D eigenvalue weighted by atomic mass is 14.8. The number of hydrogen-bond acceptors (Lipinski definition) is 0. The highest BCUT2D eigenvalue weighted by Gasteiger charge is 2.16. The third kappa shape index (κ3) is 2.04. The van der Waals surface area contributed by atoms with Crippen molar-refractivity contribution in [3.8, 4) is 0 Å². The van der Waals surface area contributed by atoms with Crippen LogP contribution in [0.25, 0.3) is 21.8 Å². The van der Waals surface area contributed by atoms with Gasteiger partial charge in [0.05, 0.1) is 0 Å². The van der Waals surface area contributed by atoms with Crippen LogP contribution in [0.3, 0.4) is 0 Å². The van der Waals surface area contributed by atoms with Crippen LogP contribution >= 0.6 is 0 Å². The quantitative estimate of drug-likeness (QED) is 0.515. The molecule has 0 fully saturated rings. The average molecular weight is 274 g/mol. The number of aromatic nitrogens is 2. The Kier molecular flexibility index (Phi) is 2.81. The van der Waals surface area contributed by atoms with E-state index in [2.05, 4.69) is 77.6 Å². The number of fused-ring (bicyclic) bond motifs is 2. The molecule has 0 bridgehead atoms. The number of para-hydroxylation sites is 2. The number of nitrogens with one attached hydrogen (secondary N) is 2. The summed E-state index contributed by atoms with van der Waals surface area (Å²) in [6, 6.07) is 21.5. The lowest BCUT2D eigenvalue weighted by Crippen LogP contribution is -2.00. The molecule has 4 rings (SSSR count). The van der Waals surface area contributed by atoms with Gasteiger partial charge in [0.25, 0.3) is 0 Å². The SMILES string of the molecule is CCC(c1cc2ccccc2[nH]1)c1cc2ccccc2[nH]1. The van der Waals surface area contributed by atoms with Gasteiger partial charge in [0, 0.05) is 28.3 Å². The maximum absolute atomic E-state index is 3.57. The molecule has 0 aliphatic carbocycles. The van der Waals surface area contributed by atoms with E-state index in [9.17, 15) is 0 Å². The third-order valence-electron chi connectivity index (χ3n) is 4.26. The van der Waals surface area contributed by atoms with Gasteiger partial charge < -0.3 is 9.97 Å². The van der Waals surface area contributed by atoms with Gasteiger partial charge in [-0.3, -0.25) is 0 Å². The molecule has 4 aromatic rings. The van der Waals surface area contributed by atoms with Crippen molar-refractivity contribution in [1.29, 1.82) is 0 Å². The fraction of sp³-hybridized carbons (Fsp3) is 0.158. The maximum Gasteiger partial charge on any atom is 0.0456 e. The summed E-state index contributed by atoms with van der Waals surface area (Å²) in [4.78, 5) is 7.14. The van der Waals surface area contributed by atoms with E-state index in [4.69, 9.17) is 0 Å². The summed E-state index contributed by atoms with van der Waals surface area (Å²) in [6.07, 6.45) is 1.07. The average Bonchev–Trinajstić information content (AvgIpc) is 3.11. The number of benzene rings is 2. The van der Waals surface area contributed by atoms with Gasteiger partial charge in [-0.05, 0) is 41.5 Å². The molecule has 0 atom stereocenters. The van der Waals surface area contributed by atoms with Crippen LogP contribution in [0.1, 0.15) is 30.7 Å². The van der Waals surface area contributed by atoms with Crippen molar-refractivity contribution in [1.82, 2.24) is 9.97 Å². The molecule has 0 unspecified atom stereocenters. The predicted molar refractivity (Wildman–Crippen MR) is 88.7 cm³/mol. The molecular formula is C19H18N2. The molecule has 0 saturated carbocycles.